The number of rotatable bonds is 4. The number of carbonyl (C=O) groups is 2. The average molecular weight is 483 g/mol. The van der Waals surface area contributed by atoms with Crippen molar-refractivity contribution in [2.24, 2.45) is 0 Å². The summed E-state index contributed by atoms with van der Waals surface area (Å²) >= 11 is 3.81. The number of fused-ring (bicyclic) bond motifs is 1. The van der Waals surface area contributed by atoms with Crippen molar-refractivity contribution < 1.29 is 18.7 Å². The first kappa shape index (κ1) is 19.0. The van der Waals surface area contributed by atoms with Gasteiger partial charge >= 0.3 is 5.97 Å². The molecule has 7 heteroatoms. The van der Waals surface area contributed by atoms with E-state index in [2.05, 4.69) is 6.92 Å². The van der Waals surface area contributed by atoms with Crippen molar-refractivity contribution in [1.82, 2.24) is 0 Å². The van der Waals surface area contributed by atoms with Crippen molar-refractivity contribution in [3.8, 4) is 0 Å². The number of benzene rings is 1. The third-order valence-corrected chi connectivity index (χ3v) is 5.68. The van der Waals surface area contributed by atoms with Crippen LogP contribution in [0.2, 0.25) is 0 Å². The molecule has 1 unspecified atom stereocenters. The largest absolute Gasteiger partial charge is 0.452 e. The molecule has 0 saturated heterocycles. The monoisotopic (exact) mass is 483 g/mol. The van der Waals surface area contributed by atoms with Crippen molar-refractivity contribution in [3.05, 3.63) is 52.0 Å². The number of carbonyl (C=O) groups excluding carboxylic acids is 2. The zero-order valence-electron chi connectivity index (χ0n) is 14.2. The van der Waals surface area contributed by atoms with Gasteiger partial charge in [-0.1, -0.05) is 19.1 Å². The second kappa shape index (κ2) is 8.77. The van der Waals surface area contributed by atoms with Crippen LogP contribution in [0.5, 0.6) is 0 Å². The third-order valence-electron chi connectivity index (χ3n) is 3.86. The van der Waals surface area contributed by atoms with Crippen molar-refractivity contribution >= 4 is 58.0 Å². The van der Waals surface area contributed by atoms with Gasteiger partial charge in [0.15, 0.2) is 10.4 Å². The molecule has 2 aromatic rings. The molecule has 1 amide bonds. The second-order valence-electron chi connectivity index (χ2n) is 5.81. The van der Waals surface area contributed by atoms with E-state index in [1.165, 1.54) is 12.2 Å². The number of anilines is 1. The predicted octanol–water partition coefficient (Wildman–Crippen LogP) is 4.36. The molecule has 1 aliphatic heterocycles. The summed E-state index contributed by atoms with van der Waals surface area (Å²) in [6.07, 6.45) is 3.67. The van der Waals surface area contributed by atoms with E-state index in [9.17, 15) is 9.59 Å². The van der Waals surface area contributed by atoms with Crippen molar-refractivity contribution in [3.63, 3.8) is 0 Å². The van der Waals surface area contributed by atoms with Gasteiger partial charge in [0.05, 0.1) is 5.69 Å². The van der Waals surface area contributed by atoms with Crippen molar-refractivity contribution in [2.75, 3.05) is 18.1 Å². The lowest BCUT2D eigenvalue weighted by Gasteiger charge is -2.22. The van der Waals surface area contributed by atoms with E-state index in [4.69, 9.17) is 9.15 Å². The minimum absolute atomic E-state index is 0.221. The first-order valence-electron chi connectivity index (χ1n) is 8.19. The topological polar surface area (TPSA) is 59.8 Å². The summed E-state index contributed by atoms with van der Waals surface area (Å²) in [6, 6.07) is 11.4. The van der Waals surface area contributed by atoms with Gasteiger partial charge < -0.3 is 14.1 Å². The molecule has 136 valence electrons. The van der Waals surface area contributed by atoms with Crippen molar-refractivity contribution in [2.45, 2.75) is 23.5 Å². The number of hydrogen-bond donors (Lipinski definition) is 0. The molecular formula is C19H18INO4S. The predicted molar refractivity (Wildman–Crippen MR) is 110 cm³/mol. The zero-order chi connectivity index (χ0) is 18.5. The van der Waals surface area contributed by atoms with Gasteiger partial charge in [-0.3, -0.25) is 4.79 Å². The van der Waals surface area contributed by atoms with Crippen LogP contribution >= 0.6 is 34.4 Å². The summed E-state index contributed by atoms with van der Waals surface area (Å²) < 4.78 is 11.2. The van der Waals surface area contributed by atoms with Crippen LogP contribution in [0.25, 0.3) is 6.08 Å². The van der Waals surface area contributed by atoms with Gasteiger partial charge in [0.25, 0.3) is 5.91 Å². The van der Waals surface area contributed by atoms with Crippen LogP contribution < -0.4 is 4.90 Å². The molecule has 0 bridgehead atoms. The molecule has 0 radical (unpaired) electrons. The lowest BCUT2D eigenvalue weighted by Crippen LogP contribution is -2.35. The molecule has 0 saturated carbocycles. The zero-order valence-corrected chi connectivity index (χ0v) is 17.2. The van der Waals surface area contributed by atoms with E-state index in [-0.39, 0.29) is 12.5 Å². The Bertz CT molecular complexity index is 832. The van der Waals surface area contributed by atoms with Crippen LogP contribution in [0.15, 0.2) is 51.8 Å². The molecule has 1 aromatic heterocycles. The van der Waals surface area contributed by atoms with E-state index >= 15 is 0 Å². The standard InChI is InChI=1S/C19H18INO4S/c1-13-10-11-21(15-4-2-3-5-16(15)26-13)18(22)12-24-19(23)9-7-14-6-8-17(20)25-14/h2-9,13H,10-12H2,1H3/b9-7+. The fourth-order valence-electron chi connectivity index (χ4n) is 2.57. The number of esters is 1. The van der Waals surface area contributed by atoms with E-state index in [1.807, 2.05) is 46.9 Å². The van der Waals surface area contributed by atoms with E-state index in [0.717, 1.165) is 20.8 Å². The second-order valence-corrected chi connectivity index (χ2v) is 8.36. The van der Waals surface area contributed by atoms with Gasteiger partial charge in [0, 0.05) is 22.8 Å². The van der Waals surface area contributed by atoms with Gasteiger partial charge in [0.1, 0.15) is 5.76 Å². The molecule has 3 rings (SSSR count). The fourth-order valence-corrected chi connectivity index (χ4v) is 4.12. The Kier molecular flexibility index (Phi) is 6.42. The van der Waals surface area contributed by atoms with Crippen LogP contribution in [0.4, 0.5) is 5.69 Å². The minimum Gasteiger partial charge on any atom is -0.452 e. The SMILES string of the molecule is CC1CCN(C(=O)COC(=O)/C=C/c2ccc(I)o2)c2ccccc2S1. The molecule has 0 spiro atoms. The summed E-state index contributed by atoms with van der Waals surface area (Å²) in [5, 5.41) is 0.426. The number of halogens is 1. The lowest BCUT2D eigenvalue weighted by atomic mass is 10.2. The molecule has 1 atom stereocenters. The summed E-state index contributed by atoms with van der Waals surface area (Å²) in [4.78, 5) is 27.2. The van der Waals surface area contributed by atoms with Gasteiger partial charge in [-0.05, 0) is 59.4 Å². The molecule has 0 fully saturated rings. The first-order valence-corrected chi connectivity index (χ1v) is 10.1. The number of amides is 1. The average Bonchev–Trinajstić information content (AvgIpc) is 2.96. The Labute approximate surface area is 169 Å². The molecule has 0 aliphatic carbocycles. The van der Waals surface area contributed by atoms with Gasteiger partial charge in [-0.15, -0.1) is 11.8 Å². The number of furan rings is 1. The lowest BCUT2D eigenvalue weighted by molar-refractivity contribution is -0.142. The molecule has 5 nitrogen and oxygen atoms in total. The highest BCUT2D eigenvalue weighted by Gasteiger charge is 2.24. The molecule has 1 aliphatic rings. The quantitative estimate of drug-likeness (QED) is 0.368. The summed E-state index contributed by atoms with van der Waals surface area (Å²) in [5.74, 6) is -0.234. The van der Waals surface area contributed by atoms with Gasteiger partial charge in [0.2, 0.25) is 0 Å². The molecule has 0 N–H and O–H groups in total. The highest BCUT2D eigenvalue weighted by molar-refractivity contribution is 14.1. The van der Waals surface area contributed by atoms with E-state index < -0.39 is 5.97 Å². The maximum absolute atomic E-state index is 12.6. The number of ether oxygens (including phenoxy) is 1. The Balaban J connectivity index is 1.61. The summed E-state index contributed by atoms with van der Waals surface area (Å²) in [6.45, 7) is 2.48. The fraction of sp³-hybridized carbons (Fsp3) is 0.263. The minimum atomic E-state index is -0.574. The molecule has 1 aromatic carbocycles. The normalized spacial score (nSPS) is 17.0. The first-order chi connectivity index (χ1) is 12.5. The maximum atomic E-state index is 12.6. The Morgan fingerprint density at radius 1 is 1.35 bits per heavy atom. The Morgan fingerprint density at radius 3 is 2.92 bits per heavy atom. The van der Waals surface area contributed by atoms with Crippen LogP contribution in [0.3, 0.4) is 0 Å². The number of hydrogen-bond acceptors (Lipinski definition) is 5. The highest BCUT2D eigenvalue weighted by atomic mass is 127. The third kappa shape index (κ3) is 4.91. The summed E-state index contributed by atoms with van der Waals surface area (Å²) in [7, 11) is 0. The Hall–Kier alpha value is -1.74. The molecular weight excluding hydrogens is 465 g/mol. The number of nitrogens with zero attached hydrogens (tertiary/aromatic N) is 1. The smallest absolute Gasteiger partial charge is 0.331 e. The Morgan fingerprint density at radius 2 is 2.15 bits per heavy atom. The van der Waals surface area contributed by atoms with Gasteiger partial charge in [-0.25, -0.2) is 4.79 Å². The number of para-hydroxylation sites is 1. The highest BCUT2D eigenvalue weighted by Crippen LogP contribution is 2.37. The molecule has 2 heterocycles. The van der Waals surface area contributed by atoms with Crippen molar-refractivity contribution in [1.29, 1.82) is 0 Å². The van der Waals surface area contributed by atoms with E-state index in [0.29, 0.717) is 17.6 Å². The van der Waals surface area contributed by atoms with Crippen LogP contribution in [0.1, 0.15) is 19.1 Å². The van der Waals surface area contributed by atoms with E-state index in [1.54, 1.807) is 28.8 Å². The maximum Gasteiger partial charge on any atom is 0.331 e. The molecule has 26 heavy (non-hydrogen) atoms. The van der Waals surface area contributed by atoms with Crippen LogP contribution in [-0.2, 0) is 14.3 Å². The van der Waals surface area contributed by atoms with Crippen LogP contribution in [-0.4, -0.2) is 30.3 Å². The van der Waals surface area contributed by atoms with Gasteiger partial charge in [-0.2, -0.15) is 0 Å². The number of thioether (sulfide) groups is 1. The summed E-state index contributed by atoms with van der Waals surface area (Å²) in [5.41, 5.74) is 0.878. The van der Waals surface area contributed by atoms with Crippen LogP contribution in [0, 0.1) is 3.77 Å².